The van der Waals surface area contributed by atoms with Crippen LogP contribution in [0.25, 0.3) is 10.9 Å². The molecular weight excluding hydrogens is 403 g/mol. The first-order chi connectivity index (χ1) is 13.0. The van der Waals surface area contributed by atoms with Crippen LogP contribution in [0.5, 0.6) is 0 Å². The van der Waals surface area contributed by atoms with Crippen molar-refractivity contribution in [2.45, 2.75) is 32.7 Å². The zero-order valence-corrected chi connectivity index (χ0v) is 17.3. The highest BCUT2D eigenvalue weighted by Gasteiger charge is 2.22. The second kappa shape index (κ2) is 7.80. The first-order valence-electron chi connectivity index (χ1n) is 8.94. The Morgan fingerprint density at radius 2 is 2.19 bits per heavy atom. The van der Waals surface area contributed by atoms with Gasteiger partial charge in [0, 0.05) is 21.5 Å². The number of nitrogens with zero attached hydrogens (tertiary/aromatic N) is 2. The van der Waals surface area contributed by atoms with Crippen molar-refractivity contribution in [1.29, 1.82) is 0 Å². The standard InChI is InChI=1S/C19H20Cl2N4OS/c1-11-10-27-19(23-11)24-17(26)9-25-16-3-2-5-22-6-4-13(16)14-7-12(20)8-15(21)18(14)25/h7-8,10,22H,2-6,9H2,1H3,(H,23,24,26). The van der Waals surface area contributed by atoms with Crippen LogP contribution in [-0.4, -0.2) is 28.5 Å². The largest absolute Gasteiger partial charge is 0.334 e. The van der Waals surface area contributed by atoms with Crippen molar-refractivity contribution in [3.63, 3.8) is 0 Å². The number of carbonyl (C=O) groups is 1. The van der Waals surface area contributed by atoms with Crippen LogP contribution in [0.1, 0.15) is 23.4 Å². The molecule has 2 N–H and O–H groups in total. The van der Waals surface area contributed by atoms with E-state index in [0.29, 0.717) is 15.2 Å². The molecule has 1 amide bonds. The zero-order chi connectivity index (χ0) is 19.0. The molecule has 8 heteroatoms. The predicted molar refractivity (Wildman–Crippen MR) is 112 cm³/mol. The Morgan fingerprint density at radius 3 is 2.96 bits per heavy atom. The molecule has 5 nitrogen and oxygen atoms in total. The van der Waals surface area contributed by atoms with Crippen molar-refractivity contribution in [3.05, 3.63) is 44.5 Å². The van der Waals surface area contributed by atoms with E-state index in [1.165, 1.54) is 22.6 Å². The second-order valence-electron chi connectivity index (χ2n) is 6.74. The van der Waals surface area contributed by atoms with Crippen molar-refractivity contribution in [3.8, 4) is 0 Å². The quantitative estimate of drug-likeness (QED) is 0.655. The minimum absolute atomic E-state index is 0.102. The van der Waals surface area contributed by atoms with Gasteiger partial charge in [-0.25, -0.2) is 4.98 Å². The minimum atomic E-state index is -0.102. The molecule has 0 saturated heterocycles. The Morgan fingerprint density at radius 1 is 1.33 bits per heavy atom. The zero-order valence-electron chi connectivity index (χ0n) is 14.9. The van der Waals surface area contributed by atoms with Crippen LogP contribution in [0, 0.1) is 6.92 Å². The molecule has 2 aromatic heterocycles. The van der Waals surface area contributed by atoms with Gasteiger partial charge in [0.15, 0.2) is 5.13 Å². The highest BCUT2D eigenvalue weighted by molar-refractivity contribution is 7.13. The van der Waals surface area contributed by atoms with Crippen LogP contribution in [-0.2, 0) is 24.2 Å². The van der Waals surface area contributed by atoms with E-state index >= 15 is 0 Å². The minimum Gasteiger partial charge on any atom is -0.334 e. The van der Waals surface area contributed by atoms with Gasteiger partial charge in [0.25, 0.3) is 0 Å². The lowest BCUT2D eigenvalue weighted by Gasteiger charge is -2.15. The lowest BCUT2D eigenvalue weighted by atomic mass is 10.0. The third kappa shape index (κ3) is 3.85. The van der Waals surface area contributed by atoms with Crippen molar-refractivity contribution in [2.24, 2.45) is 0 Å². The second-order valence-corrected chi connectivity index (χ2v) is 8.44. The molecular formula is C19H20Cl2N4OS. The normalized spacial score (nSPS) is 14.6. The van der Waals surface area contributed by atoms with Crippen LogP contribution in [0.3, 0.4) is 0 Å². The average molecular weight is 423 g/mol. The number of nitrogens with one attached hydrogen (secondary N) is 2. The number of carbonyl (C=O) groups excluding carboxylic acids is 1. The lowest BCUT2D eigenvalue weighted by Crippen LogP contribution is -2.24. The van der Waals surface area contributed by atoms with E-state index in [1.807, 2.05) is 18.4 Å². The molecule has 0 radical (unpaired) electrons. The van der Waals surface area contributed by atoms with E-state index in [0.717, 1.165) is 48.9 Å². The number of fused-ring (bicyclic) bond motifs is 3. The Bertz CT molecular complexity index is 1010. The summed E-state index contributed by atoms with van der Waals surface area (Å²) in [5.74, 6) is -0.102. The number of rotatable bonds is 3. The van der Waals surface area contributed by atoms with Gasteiger partial charge in [0.05, 0.1) is 16.2 Å². The molecule has 3 heterocycles. The summed E-state index contributed by atoms with van der Waals surface area (Å²) in [6.45, 7) is 3.99. The third-order valence-electron chi connectivity index (χ3n) is 4.78. The van der Waals surface area contributed by atoms with E-state index < -0.39 is 0 Å². The van der Waals surface area contributed by atoms with Crippen LogP contribution >= 0.6 is 34.5 Å². The van der Waals surface area contributed by atoms with Crippen molar-refractivity contribution >= 4 is 56.5 Å². The molecule has 142 valence electrons. The Kier molecular flexibility index (Phi) is 5.41. The highest BCUT2D eigenvalue weighted by Crippen LogP contribution is 2.35. The summed E-state index contributed by atoms with van der Waals surface area (Å²) in [5, 5.41) is 11.1. The molecule has 0 bridgehead atoms. The molecule has 0 aliphatic carbocycles. The van der Waals surface area contributed by atoms with Crippen molar-refractivity contribution < 1.29 is 4.79 Å². The van der Waals surface area contributed by atoms with Gasteiger partial charge in [-0.2, -0.15) is 0 Å². The summed E-state index contributed by atoms with van der Waals surface area (Å²) in [4.78, 5) is 17.0. The third-order valence-corrected chi connectivity index (χ3v) is 6.17. The number of hydrogen-bond donors (Lipinski definition) is 2. The number of aromatic nitrogens is 2. The van der Waals surface area contributed by atoms with Gasteiger partial charge < -0.3 is 15.2 Å². The Balaban J connectivity index is 1.76. The fourth-order valence-electron chi connectivity index (χ4n) is 3.70. The van der Waals surface area contributed by atoms with Crippen molar-refractivity contribution in [2.75, 3.05) is 18.4 Å². The van der Waals surface area contributed by atoms with Crippen LogP contribution in [0.2, 0.25) is 10.0 Å². The first-order valence-corrected chi connectivity index (χ1v) is 10.6. The van der Waals surface area contributed by atoms with Gasteiger partial charge in [-0.1, -0.05) is 23.2 Å². The Labute approximate surface area is 171 Å². The van der Waals surface area contributed by atoms with E-state index in [-0.39, 0.29) is 12.5 Å². The fourth-order valence-corrected chi connectivity index (χ4v) is 5.00. The van der Waals surface area contributed by atoms with Gasteiger partial charge >= 0.3 is 0 Å². The molecule has 4 rings (SSSR count). The monoisotopic (exact) mass is 422 g/mol. The maximum atomic E-state index is 12.7. The molecule has 3 aromatic rings. The van der Waals surface area contributed by atoms with Crippen molar-refractivity contribution in [1.82, 2.24) is 14.9 Å². The molecule has 1 aliphatic rings. The molecule has 0 atom stereocenters. The number of halogens is 2. The van der Waals surface area contributed by atoms with E-state index in [4.69, 9.17) is 23.2 Å². The number of benzene rings is 1. The lowest BCUT2D eigenvalue weighted by molar-refractivity contribution is -0.116. The summed E-state index contributed by atoms with van der Waals surface area (Å²) >= 11 is 14.3. The summed E-state index contributed by atoms with van der Waals surface area (Å²) in [5.41, 5.74) is 4.20. The maximum Gasteiger partial charge on any atom is 0.246 e. The van der Waals surface area contributed by atoms with Gasteiger partial charge in [-0.05, 0) is 57.0 Å². The number of amides is 1. The topological polar surface area (TPSA) is 59.0 Å². The summed E-state index contributed by atoms with van der Waals surface area (Å²) in [6.07, 6.45) is 2.80. The predicted octanol–water partition coefficient (Wildman–Crippen LogP) is 4.43. The maximum absolute atomic E-state index is 12.7. The summed E-state index contributed by atoms with van der Waals surface area (Å²) in [7, 11) is 0. The molecule has 1 aliphatic heterocycles. The van der Waals surface area contributed by atoms with E-state index in [2.05, 4.69) is 20.2 Å². The molecule has 0 unspecified atom stereocenters. The number of hydrogen-bond acceptors (Lipinski definition) is 4. The van der Waals surface area contributed by atoms with Gasteiger partial charge in [0.1, 0.15) is 6.54 Å². The molecule has 0 fully saturated rings. The molecule has 1 aromatic carbocycles. The van der Waals surface area contributed by atoms with Crippen LogP contribution < -0.4 is 10.6 Å². The SMILES string of the molecule is Cc1csc(NC(=O)Cn2c3c(c4cc(Cl)cc(Cl)c42)CCNCCC3)n1. The highest BCUT2D eigenvalue weighted by atomic mass is 35.5. The molecule has 0 spiro atoms. The van der Waals surface area contributed by atoms with E-state index in [1.54, 1.807) is 6.07 Å². The average Bonchev–Trinajstić information content (AvgIpc) is 3.08. The smallest absolute Gasteiger partial charge is 0.246 e. The number of anilines is 1. The summed E-state index contributed by atoms with van der Waals surface area (Å²) < 4.78 is 2.06. The fraction of sp³-hybridized carbons (Fsp3) is 0.368. The van der Waals surface area contributed by atoms with Crippen LogP contribution in [0.4, 0.5) is 5.13 Å². The summed E-state index contributed by atoms with van der Waals surface area (Å²) in [6, 6.07) is 3.71. The molecule has 0 saturated carbocycles. The Hall–Kier alpha value is -1.60. The van der Waals surface area contributed by atoms with Gasteiger partial charge in [0.2, 0.25) is 5.91 Å². The first kappa shape index (κ1) is 18.7. The van der Waals surface area contributed by atoms with Gasteiger partial charge in [-0.15, -0.1) is 11.3 Å². The van der Waals surface area contributed by atoms with Gasteiger partial charge in [-0.3, -0.25) is 4.79 Å². The molecule has 27 heavy (non-hydrogen) atoms. The number of aryl methyl sites for hydroxylation is 1. The van der Waals surface area contributed by atoms with Crippen LogP contribution in [0.15, 0.2) is 17.5 Å². The van der Waals surface area contributed by atoms with E-state index in [9.17, 15) is 4.79 Å². The number of thiazole rings is 1.